The molecule has 0 unspecified atom stereocenters. The Kier molecular flexibility index (Phi) is 2.63. The average molecular weight is 282 g/mol. The van der Waals surface area contributed by atoms with E-state index in [-0.39, 0.29) is 11.7 Å². The summed E-state index contributed by atoms with van der Waals surface area (Å²) in [6.45, 7) is 1.83. The number of nitrogens with zero attached hydrogens (tertiary/aromatic N) is 4. The summed E-state index contributed by atoms with van der Waals surface area (Å²) in [6, 6.07) is 5.45. The van der Waals surface area contributed by atoms with E-state index >= 15 is 0 Å². The summed E-state index contributed by atoms with van der Waals surface area (Å²) >= 11 is 0. The average Bonchev–Trinajstić information content (AvgIpc) is 3.03. The molecule has 0 saturated heterocycles. The van der Waals surface area contributed by atoms with E-state index in [9.17, 15) is 4.79 Å². The Hall–Kier alpha value is -2.50. The molecular formula is C15H14N4O2. The Labute approximate surface area is 120 Å². The van der Waals surface area contributed by atoms with Crippen LogP contribution in [0.1, 0.15) is 24.4 Å². The third-order valence-corrected chi connectivity index (χ3v) is 3.61. The van der Waals surface area contributed by atoms with Gasteiger partial charge in [-0.2, -0.15) is 4.52 Å². The summed E-state index contributed by atoms with van der Waals surface area (Å²) in [6.07, 6.45) is 3.96. The number of hydrogen-bond acceptors (Lipinski definition) is 5. The normalized spacial score (nSPS) is 14.7. The van der Waals surface area contributed by atoms with Crippen molar-refractivity contribution < 1.29 is 9.21 Å². The molecule has 6 heteroatoms. The van der Waals surface area contributed by atoms with Crippen molar-refractivity contribution in [1.82, 2.24) is 19.6 Å². The number of aryl methyl sites for hydroxylation is 1. The topological polar surface area (TPSA) is 73.3 Å². The molecule has 1 aliphatic carbocycles. The van der Waals surface area contributed by atoms with E-state index in [4.69, 9.17) is 4.42 Å². The van der Waals surface area contributed by atoms with Crippen LogP contribution in [0.3, 0.4) is 0 Å². The largest absolute Gasteiger partial charge is 0.461 e. The number of carbonyl (C=O) groups excluding carboxylic acids is 1. The lowest BCUT2D eigenvalue weighted by atomic mass is 10.1. The first-order valence-electron chi connectivity index (χ1n) is 7.00. The predicted molar refractivity (Wildman–Crippen MR) is 74.7 cm³/mol. The molecule has 0 bridgehead atoms. The lowest BCUT2D eigenvalue weighted by molar-refractivity contribution is -0.119. The number of fused-ring (bicyclic) bond motifs is 1. The van der Waals surface area contributed by atoms with Crippen molar-refractivity contribution in [3.8, 4) is 11.6 Å². The SMILES string of the molecule is Cc1nc2cc(CC(=O)C3CC3)nc(-c3ccco3)n2n1. The van der Waals surface area contributed by atoms with Gasteiger partial charge in [0.15, 0.2) is 17.2 Å². The molecule has 3 aromatic rings. The highest BCUT2D eigenvalue weighted by atomic mass is 16.3. The lowest BCUT2D eigenvalue weighted by Gasteiger charge is -2.04. The molecule has 3 heterocycles. The molecule has 106 valence electrons. The highest BCUT2D eigenvalue weighted by molar-refractivity contribution is 5.85. The van der Waals surface area contributed by atoms with Gasteiger partial charge in [-0.25, -0.2) is 9.97 Å². The smallest absolute Gasteiger partial charge is 0.199 e. The van der Waals surface area contributed by atoms with E-state index in [0.29, 0.717) is 29.5 Å². The molecule has 21 heavy (non-hydrogen) atoms. The van der Waals surface area contributed by atoms with Crippen LogP contribution in [0.5, 0.6) is 0 Å². The third kappa shape index (κ3) is 2.22. The van der Waals surface area contributed by atoms with Gasteiger partial charge >= 0.3 is 0 Å². The van der Waals surface area contributed by atoms with Crippen LogP contribution in [0, 0.1) is 12.8 Å². The highest BCUT2D eigenvalue weighted by Crippen LogP contribution is 2.31. The van der Waals surface area contributed by atoms with Crippen molar-refractivity contribution in [2.75, 3.05) is 0 Å². The van der Waals surface area contributed by atoms with Crippen LogP contribution in [0.15, 0.2) is 28.9 Å². The molecule has 1 fully saturated rings. The van der Waals surface area contributed by atoms with E-state index < -0.39 is 0 Å². The first-order valence-corrected chi connectivity index (χ1v) is 7.00. The van der Waals surface area contributed by atoms with Gasteiger partial charge in [0, 0.05) is 18.4 Å². The van der Waals surface area contributed by atoms with E-state index in [0.717, 1.165) is 18.5 Å². The number of ketones is 1. The zero-order valence-corrected chi connectivity index (χ0v) is 11.6. The van der Waals surface area contributed by atoms with Crippen LogP contribution < -0.4 is 0 Å². The summed E-state index contributed by atoms with van der Waals surface area (Å²) in [4.78, 5) is 20.9. The lowest BCUT2D eigenvalue weighted by Crippen LogP contribution is -2.09. The van der Waals surface area contributed by atoms with Crippen LogP contribution >= 0.6 is 0 Å². The molecule has 1 saturated carbocycles. The van der Waals surface area contributed by atoms with Crippen molar-refractivity contribution in [1.29, 1.82) is 0 Å². The Morgan fingerprint density at radius 3 is 3.00 bits per heavy atom. The van der Waals surface area contributed by atoms with Gasteiger partial charge in [-0.05, 0) is 31.9 Å². The second-order valence-electron chi connectivity index (χ2n) is 5.39. The second kappa shape index (κ2) is 4.51. The van der Waals surface area contributed by atoms with E-state index in [1.54, 1.807) is 16.8 Å². The van der Waals surface area contributed by atoms with Gasteiger partial charge in [0.2, 0.25) is 0 Å². The maximum absolute atomic E-state index is 12.0. The van der Waals surface area contributed by atoms with E-state index in [1.165, 1.54) is 0 Å². The Bertz CT molecular complexity index is 816. The zero-order valence-electron chi connectivity index (χ0n) is 11.6. The maximum atomic E-state index is 12.0. The van der Waals surface area contributed by atoms with Gasteiger partial charge in [0.05, 0.1) is 12.0 Å². The van der Waals surface area contributed by atoms with Gasteiger partial charge in [-0.3, -0.25) is 4.79 Å². The van der Waals surface area contributed by atoms with Crippen molar-refractivity contribution in [3.63, 3.8) is 0 Å². The van der Waals surface area contributed by atoms with Crippen molar-refractivity contribution >= 4 is 11.4 Å². The summed E-state index contributed by atoms with van der Waals surface area (Å²) < 4.78 is 7.07. The molecule has 0 aromatic carbocycles. The minimum Gasteiger partial charge on any atom is -0.461 e. The molecule has 0 aliphatic heterocycles. The number of Topliss-reactive ketones (excluding diaryl/α,β-unsaturated/α-hetero) is 1. The fourth-order valence-corrected chi connectivity index (χ4v) is 2.43. The van der Waals surface area contributed by atoms with E-state index in [2.05, 4.69) is 15.1 Å². The van der Waals surface area contributed by atoms with Gasteiger partial charge in [0.1, 0.15) is 11.6 Å². The predicted octanol–water partition coefficient (Wildman–Crippen LogP) is 2.21. The third-order valence-electron chi connectivity index (χ3n) is 3.61. The maximum Gasteiger partial charge on any atom is 0.199 e. The monoisotopic (exact) mass is 282 g/mol. The van der Waals surface area contributed by atoms with Gasteiger partial charge in [-0.15, -0.1) is 5.10 Å². The zero-order chi connectivity index (χ0) is 14.4. The van der Waals surface area contributed by atoms with Gasteiger partial charge < -0.3 is 4.42 Å². The number of carbonyl (C=O) groups is 1. The Morgan fingerprint density at radius 2 is 2.29 bits per heavy atom. The van der Waals surface area contributed by atoms with Crippen molar-refractivity contribution in [2.45, 2.75) is 26.2 Å². The van der Waals surface area contributed by atoms with E-state index in [1.807, 2.05) is 19.1 Å². The quantitative estimate of drug-likeness (QED) is 0.733. The molecule has 0 atom stereocenters. The first kappa shape index (κ1) is 12.3. The fraction of sp³-hybridized carbons (Fsp3) is 0.333. The second-order valence-corrected chi connectivity index (χ2v) is 5.39. The van der Waals surface area contributed by atoms with Gasteiger partial charge in [0.25, 0.3) is 0 Å². The minimum atomic E-state index is 0.231. The first-order chi connectivity index (χ1) is 10.2. The number of rotatable bonds is 4. The fourth-order valence-electron chi connectivity index (χ4n) is 2.43. The van der Waals surface area contributed by atoms with Crippen molar-refractivity contribution in [3.05, 3.63) is 36.0 Å². The molecular weight excluding hydrogens is 268 g/mol. The summed E-state index contributed by atoms with van der Waals surface area (Å²) in [5.74, 6) is 2.35. The summed E-state index contributed by atoms with van der Waals surface area (Å²) in [7, 11) is 0. The highest BCUT2D eigenvalue weighted by Gasteiger charge is 2.29. The molecule has 1 aliphatic rings. The molecule has 4 rings (SSSR count). The molecule has 0 radical (unpaired) electrons. The van der Waals surface area contributed by atoms with Crippen LogP contribution in [-0.4, -0.2) is 25.4 Å². The number of aromatic nitrogens is 4. The van der Waals surface area contributed by atoms with Crippen LogP contribution in [-0.2, 0) is 11.2 Å². The van der Waals surface area contributed by atoms with Crippen LogP contribution in [0.2, 0.25) is 0 Å². The molecule has 0 amide bonds. The minimum absolute atomic E-state index is 0.231. The summed E-state index contributed by atoms with van der Waals surface area (Å²) in [5.41, 5.74) is 1.41. The van der Waals surface area contributed by atoms with Crippen molar-refractivity contribution in [2.24, 2.45) is 5.92 Å². The Morgan fingerprint density at radius 1 is 1.43 bits per heavy atom. The molecule has 0 N–H and O–H groups in total. The van der Waals surface area contributed by atoms with Crippen LogP contribution in [0.4, 0.5) is 0 Å². The van der Waals surface area contributed by atoms with Crippen LogP contribution in [0.25, 0.3) is 17.2 Å². The number of hydrogen-bond donors (Lipinski definition) is 0. The molecule has 0 spiro atoms. The van der Waals surface area contributed by atoms with Gasteiger partial charge in [-0.1, -0.05) is 0 Å². The molecule has 6 nitrogen and oxygen atoms in total. The Balaban J connectivity index is 1.82. The molecule has 3 aromatic heterocycles. The number of furan rings is 1. The summed E-state index contributed by atoms with van der Waals surface area (Å²) in [5, 5.41) is 4.33. The standard InChI is InChI=1S/C15H14N4O2/c1-9-16-14-8-11(7-12(20)10-4-5-10)17-15(19(14)18-9)13-3-2-6-21-13/h2-3,6,8,10H,4-5,7H2,1H3.